The molecular weight excluding hydrogens is 388 g/mol. The van der Waals surface area contributed by atoms with E-state index in [4.69, 9.17) is 9.94 Å². The molecule has 0 radical (unpaired) electrons. The molecule has 2 amide bonds. The van der Waals surface area contributed by atoms with Gasteiger partial charge in [0.25, 0.3) is 11.8 Å². The molecule has 0 aromatic heterocycles. The number of nitrogens with zero attached hydrogens (tertiary/aromatic N) is 1. The van der Waals surface area contributed by atoms with Gasteiger partial charge in [0.05, 0.1) is 12.2 Å². The first-order valence-corrected chi connectivity index (χ1v) is 8.30. The van der Waals surface area contributed by atoms with Gasteiger partial charge >= 0.3 is 0 Å². The third-order valence-electron chi connectivity index (χ3n) is 3.72. The van der Waals surface area contributed by atoms with E-state index in [1.165, 1.54) is 11.6 Å². The third-order valence-corrected chi connectivity index (χ3v) is 4.25. The number of anilines is 1. The lowest BCUT2D eigenvalue weighted by Gasteiger charge is -2.29. The molecule has 3 rings (SSSR count). The largest absolute Gasteiger partial charge is 0.482 e. The number of rotatable bonds is 4. The fraction of sp³-hybridized carbons (Fsp3) is 0.111. The highest BCUT2D eigenvalue weighted by molar-refractivity contribution is 9.10. The summed E-state index contributed by atoms with van der Waals surface area (Å²) in [5, 5.41) is 8.54. The topological polar surface area (TPSA) is 78.9 Å². The fourth-order valence-electron chi connectivity index (χ4n) is 2.48. The maximum atomic E-state index is 12.3. The van der Waals surface area contributed by atoms with Gasteiger partial charge in [-0.3, -0.25) is 14.8 Å². The molecule has 1 aliphatic heterocycles. The molecule has 0 fully saturated rings. The van der Waals surface area contributed by atoms with Crippen LogP contribution in [0.3, 0.4) is 0 Å². The number of amides is 2. The van der Waals surface area contributed by atoms with Crippen molar-refractivity contribution >= 4 is 39.5 Å². The zero-order valence-corrected chi connectivity index (χ0v) is 14.7. The average Bonchev–Trinajstić information content (AvgIpc) is 2.63. The smallest absolute Gasteiger partial charge is 0.267 e. The maximum absolute atomic E-state index is 12.3. The molecule has 1 heterocycles. The number of halogens is 1. The van der Waals surface area contributed by atoms with Crippen LogP contribution in [0.5, 0.6) is 5.75 Å². The van der Waals surface area contributed by atoms with E-state index in [9.17, 15) is 9.59 Å². The van der Waals surface area contributed by atoms with Crippen LogP contribution in [0, 0.1) is 0 Å². The van der Waals surface area contributed by atoms with E-state index >= 15 is 0 Å². The molecule has 6 nitrogen and oxygen atoms in total. The van der Waals surface area contributed by atoms with Crippen LogP contribution in [0.4, 0.5) is 5.69 Å². The molecule has 128 valence electrons. The molecule has 0 saturated heterocycles. The van der Waals surface area contributed by atoms with E-state index in [0.717, 1.165) is 10.0 Å². The molecule has 7 heteroatoms. The molecule has 2 N–H and O–H groups in total. The van der Waals surface area contributed by atoms with Gasteiger partial charge in [0, 0.05) is 10.5 Å². The first kappa shape index (κ1) is 17.2. The van der Waals surface area contributed by atoms with Gasteiger partial charge in [-0.15, -0.1) is 0 Å². The van der Waals surface area contributed by atoms with Gasteiger partial charge in [0.2, 0.25) is 0 Å². The molecule has 0 unspecified atom stereocenters. The number of benzene rings is 2. The van der Waals surface area contributed by atoms with Crippen molar-refractivity contribution in [2.45, 2.75) is 6.54 Å². The number of hydroxylamine groups is 1. The Morgan fingerprint density at radius 1 is 1.28 bits per heavy atom. The van der Waals surface area contributed by atoms with Crippen LogP contribution in [0.25, 0.3) is 6.08 Å². The van der Waals surface area contributed by atoms with Gasteiger partial charge < -0.3 is 9.64 Å². The van der Waals surface area contributed by atoms with Gasteiger partial charge in [-0.25, -0.2) is 5.48 Å². The Kier molecular flexibility index (Phi) is 5.16. The number of hydrogen-bond acceptors (Lipinski definition) is 4. The van der Waals surface area contributed by atoms with E-state index in [-0.39, 0.29) is 12.5 Å². The molecule has 1 aliphatic rings. The Hall–Kier alpha value is -2.64. The molecule has 2 aromatic carbocycles. The lowest BCUT2D eigenvalue weighted by atomic mass is 10.1. The summed E-state index contributed by atoms with van der Waals surface area (Å²) >= 11 is 3.39. The molecule has 2 aromatic rings. The first-order valence-electron chi connectivity index (χ1n) is 7.50. The standard InChI is InChI=1S/C18H15BrN2O4/c19-14-5-1-13(2-6-14)10-21-15-9-12(4-8-17(22)20-24)3-7-16(15)25-11-18(21)23/h1-9,24H,10-11H2,(H,20,22)/b8-4+. The number of ether oxygens (including phenoxy) is 1. The summed E-state index contributed by atoms with van der Waals surface area (Å²) in [6.07, 6.45) is 2.75. The number of nitrogens with one attached hydrogen (secondary N) is 1. The van der Waals surface area contributed by atoms with Crippen LogP contribution in [0.15, 0.2) is 53.0 Å². The van der Waals surface area contributed by atoms with Crippen LogP contribution in [0.1, 0.15) is 11.1 Å². The monoisotopic (exact) mass is 402 g/mol. The van der Waals surface area contributed by atoms with Crippen LogP contribution < -0.4 is 15.1 Å². The maximum Gasteiger partial charge on any atom is 0.267 e. The van der Waals surface area contributed by atoms with Crippen molar-refractivity contribution in [3.05, 3.63) is 64.1 Å². The summed E-state index contributed by atoms with van der Waals surface area (Å²) in [5.74, 6) is -0.151. The zero-order chi connectivity index (χ0) is 17.8. The predicted octanol–water partition coefficient (Wildman–Crippen LogP) is 2.89. The van der Waals surface area contributed by atoms with Crippen LogP contribution in [-0.4, -0.2) is 23.6 Å². The summed E-state index contributed by atoms with van der Waals surface area (Å²) in [5.41, 5.74) is 3.88. The molecule has 25 heavy (non-hydrogen) atoms. The SMILES string of the molecule is O=C(/C=C/c1ccc2c(c1)N(Cc1ccc(Br)cc1)C(=O)CO2)NO. The van der Waals surface area contributed by atoms with E-state index in [1.54, 1.807) is 29.2 Å². The normalized spacial score (nSPS) is 13.5. The number of hydrogen-bond donors (Lipinski definition) is 2. The fourth-order valence-corrected chi connectivity index (χ4v) is 2.74. The van der Waals surface area contributed by atoms with Crippen molar-refractivity contribution in [3.63, 3.8) is 0 Å². The molecule has 0 aliphatic carbocycles. The second kappa shape index (κ2) is 7.50. The van der Waals surface area contributed by atoms with Crippen molar-refractivity contribution in [3.8, 4) is 5.75 Å². The van der Waals surface area contributed by atoms with E-state index < -0.39 is 5.91 Å². The van der Waals surface area contributed by atoms with Crippen LogP contribution in [-0.2, 0) is 16.1 Å². The summed E-state index contributed by atoms with van der Waals surface area (Å²) in [4.78, 5) is 25.1. The van der Waals surface area contributed by atoms with Crippen LogP contribution in [0.2, 0.25) is 0 Å². The zero-order valence-electron chi connectivity index (χ0n) is 13.1. The van der Waals surface area contributed by atoms with E-state index in [1.807, 2.05) is 24.3 Å². The Labute approximate surface area is 152 Å². The Bertz CT molecular complexity index is 833. The van der Waals surface area contributed by atoms with Gasteiger partial charge in [0.15, 0.2) is 6.61 Å². The number of carbonyl (C=O) groups excluding carboxylic acids is 2. The van der Waals surface area contributed by atoms with E-state index in [0.29, 0.717) is 23.5 Å². The lowest BCUT2D eigenvalue weighted by Crippen LogP contribution is -2.38. The summed E-state index contributed by atoms with van der Waals surface area (Å²) in [7, 11) is 0. The van der Waals surface area contributed by atoms with Gasteiger partial charge in [-0.05, 0) is 41.5 Å². The Morgan fingerprint density at radius 3 is 2.76 bits per heavy atom. The summed E-state index contributed by atoms with van der Waals surface area (Å²) in [6, 6.07) is 13.0. The second-order valence-corrected chi connectivity index (χ2v) is 6.35. The van der Waals surface area contributed by atoms with Crippen molar-refractivity contribution < 1.29 is 19.5 Å². The van der Waals surface area contributed by atoms with Gasteiger partial charge in [-0.2, -0.15) is 0 Å². The molecule has 0 spiro atoms. The lowest BCUT2D eigenvalue weighted by molar-refractivity contribution is -0.124. The minimum Gasteiger partial charge on any atom is -0.482 e. The second-order valence-electron chi connectivity index (χ2n) is 5.43. The molecule has 0 bridgehead atoms. The summed E-state index contributed by atoms with van der Waals surface area (Å²) in [6.45, 7) is 0.415. The highest BCUT2D eigenvalue weighted by Crippen LogP contribution is 2.34. The van der Waals surface area contributed by atoms with E-state index in [2.05, 4.69) is 15.9 Å². The third kappa shape index (κ3) is 4.07. The Balaban J connectivity index is 1.90. The van der Waals surface area contributed by atoms with Crippen molar-refractivity contribution in [2.75, 3.05) is 11.5 Å². The van der Waals surface area contributed by atoms with Crippen molar-refractivity contribution in [1.82, 2.24) is 5.48 Å². The number of fused-ring (bicyclic) bond motifs is 1. The first-order chi connectivity index (χ1) is 12.1. The molecule has 0 saturated carbocycles. The summed E-state index contributed by atoms with van der Waals surface area (Å²) < 4.78 is 6.45. The molecular formula is C18H15BrN2O4. The highest BCUT2D eigenvalue weighted by Gasteiger charge is 2.25. The van der Waals surface area contributed by atoms with Crippen molar-refractivity contribution in [1.29, 1.82) is 0 Å². The van der Waals surface area contributed by atoms with Gasteiger partial charge in [-0.1, -0.05) is 34.1 Å². The van der Waals surface area contributed by atoms with Gasteiger partial charge in [0.1, 0.15) is 5.75 Å². The molecule has 0 atom stereocenters. The minimum absolute atomic E-state index is 0.00830. The number of carbonyl (C=O) groups is 2. The minimum atomic E-state index is -0.628. The average molecular weight is 403 g/mol. The predicted molar refractivity (Wildman–Crippen MR) is 96.2 cm³/mol. The Morgan fingerprint density at radius 2 is 2.04 bits per heavy atom. The van der Waals surface area contributed by atoms with Crippen LogP contribution >= 0.6 is 15.9 Å². The van der Waals surface area contributed by atoms with Crippen molar-refractivity contribution in [2.24, 2.45) is 0 Å². The quantitative estimate of drug-likeness (QED) is 0.468. The highest BCUT2D eigenvalue weighted by atomic mass is 79.9.